The zero-order valence-corrected chi connectivity index (χ0v) is 15.6. The monoisotopic (exact) mass is 343 g/mol. The largest absolute Gasteiger partial charge is 0.508 e. The first-order chi connectivity index (χ1) is 11.6. The number of carbonyl (C=O) groups excluding carboxylic acids is 1. The Balaban J connectivity index is 1.94. The van der Waals surface area contributed by atoms with E-state index in [0.29, 0.717) is 11.6 Å². The summed E-state index contributed by atoms with van der Waals surface area (Å²) in [6.07, 6.45) is 5.47. The van der Waals surface area contributed by atoms with Gasteiger partial charge in [-0.1, -0.05) is 32.8 Å². The van der Waals surface area contributed by atoms with Crippen molar-refractivity contribution in [3.8, 4) is 11.5 Å². The first-order valence-corrected chi connectivity index (χ1v) is 9.18. The molecule has 2 aliphatic carbocycles. The summed E-state index contributed by atoms with van der Waals surface area (Å²) in [5.41, 5.74) is 2.61. The van der Waals surface area contributed by atoms with Gasteiger partial charge in [0.25, 0.3) is 5.91 Å². The summed E-state index contributed by atoms with van der Waals surface area (Å²) in [5, 5.41) is 22.2. The fourth-order valence-corrected chi connectivity index (χ4v) is 5.42. The van der Waals surface area contributed by atoms with Crippen LogP contribution in [0, 0.1) is 16.7 Å². The van der Waals surface area contributed by atoms with Crippen molar-refractivity contribution >= 4 is 11.6 Å². The third-order valence-corrected chi connectivity index (χ3v) is 6.42. The van der Waals surface area contributed by atoms with Gasteiger partial charge in [0.15, 0.2) is 0 Å². The van der Waals surface area contributed by atoms with Crippen molar-refractivity contribution in [1.29, 1.82) is 0 Å². The van der Waals surface area contributed by atoms with Gasteiger partial charge < -0.3 is 15.5 Å². The number of carbonyl (C=O) groups is 1. The summed E-state index contributed by atoms with van der Waals surface area (Å²) in [7, 11) is 0. The molecule has 1 amide bonds. The van der Waals surface area contributed by atoms with E-state index in [1.54, 1.807) is 0 Å². The fourth-order valence-electron chi connectivity index (χ4n) is 5.42. The molecule has 0 aromatic heterocycles. The first-order valence-electron chi connectivity index (χ1n) is 9.18. The molecule has 25 heavy (non-hydrogen) atoms. The van der Waals surface area contributed by atoms with E-state index >= 15 is 0 Å². The van der Waals surface area contributed by atoms with Crippen molar-refractivity contribution in [3.05, 3.63) is 29.3 Å². The SMILES string of the molecule is CC1=C(C(=O)Nc2cc(O)cc(O)c2)[C@@]2(C)CCCC(C)(C)[C@@H]2CC1. The third-order valence-electron chi connectivity index (χ3n) is 6.42. The van der Waals surface area contributed by atoms with Crippen molar-refractivity contribution in [2.75, 3.05) is 5.32 Å². The Kier molecular flexibility index (Phi) is 4.34. The van der Waals surface area contributed by atoms with Crippen molar-refractivity contribution in [3.63, 3.8) is 0 Å². The summed E-state index contributed by atoms with van der Waals surface area (Å²) >= 11 is 0. The van der Waals surface area contributed by atoms with Crippen molar-refractivity contribution in [2.24, 2.45) is 16.7 Å². The van der Waals surface area contributed by atoms with E-state index < -0.39 is 0 Å². The summed E-state index contributed by atoms with van der Waals surface area (Å²) in [6, 6.07) is 4.17. The molecule has 2 aliphatic rings. The Hall–Kier alpha value is -1.97. The smallest absolute Gasteiger partial charge is 0.252 e. The topological polar surface area (TPSA) is 69.6 Å². The van der Waals surface area contributed by atoms with Gasteiger partial charge in [-0.3, -0.25) is 4.79 Å². The molecule has 1 aromatic rings. The number of allylic oxidation sites excluding steroid dienone is 1. The molecule has 0 saturated heterocycles. The second kappa shape index (κ2) is 6.08. The van der Waals surface area contributed by atoms with E-state index in [1.807, 2.05) is 0 Å². The predicted octanol–water partition coefficient (Wildman–Crippen LogP) is 4.98. The number of nitrogens with one attached hydrogen (secondary N) is 1. The van der Waals surface area contributed by atoms with Gasteiger partial charge in [-0.25, -0.2) is 0 Å². The number of anilines is 1. The van der Waals surface area contributed by atoms with Crippen LogP contribution >= 0.6 is 0 Å². The van der Waals surface area contributed by atoms with Gasteiger partial charge in [0.2, 0.25) is 0 Å². The van der Waals surface area contributed by atoms with Gasteiger partial charge in [-0.15, -0.1) is 0 Å². The highest BCUT2D eigenvalue weighted by Gasteiger charge is 2.51. The minimum Gasteiger partial charge on any atom is -0.508 e. The van der Waals surface area contributed by atoms with Crippen LogP contribution in [0.4, 0.5) is 5.69 Å². The summed E-state index contributed by atoms with van der Waals surface area (Å²) in [6.45, 7) is 8.98. The number of phenols is 2. The Morgan fingerprint density at radius 2 is 1.76 bits per heavy atom. The van der Waals surface area contributed by atoms with Crippen molar-refractivity contribution in [1.82, 2.24) is 0 Å². The van der Waals surface area contributed by atoms with Gasteiger partial charge in [0, 0.05) is 34.9 Å². The fraction of sp³-hybridized carbons (Fsp3) is 0.571. The summed E-state index contributed by atoms with van der Waals surface area (Å²) < 4.78 is 0. The van der Waals surface area contributed by atoms with Gasteiger partial charge in [0.05, 0.1) is 0 Å². The molecule has 4 heteroatoms. The van der Waals surface area contributed by atoms with E-state index in [9.17, 15) is 15.0 Å². The molecule has 3 N–H and O–H groups in total. The average molecular weight is 343 g/mol. The summed E-state index contributed by atoms with van der Waals surface area (Å²) in [5.74, 6) is 0.267. The lowest BCUT2D eigenvalue weighted by Crippen LogP contribution is -2.47. The lowest BCUT2D eigenvalue weighted by atomic mass is 9.50. The van der Waals surface area contributed by atoms with Crippen LogP contribution < -0.4 is 5.32 Å². The molecule has 0 radical (unpaired) electrons. The number of amides is 1. The minimum atomic E-state index is -0.118. The van der Waals surface area contributed by atoms with E-state index in [-0.39, 0.29) is 28.2 Å². The van der Waals surface area contributed by atoms with Crippen LogP contribution in [0.5, 0.6) is 11.5 Å². The molecule has 0 spiro atoms. The van der Waals surface area contributed by atoms with Crippen LogP contribution in [0.2, 0.25) is 0 Å². The number of aromatic hydroxyl groups is 2. The standard InChI is InChI=1S/C21H29NO3/c1-13-6-7-17-20(2,3)8-5-9-21(17,4)18(13)19(25)22-14-10-15(23)12-16(24)11-14/h10-12,17,23-24H,5-9H2,1-4H3,(H,22,25)/t17-,21-/m0/s1. The van der Waals surface area contributed by atoms with E-state index in [0.717, 1.165) is 31.3 Å². The minimum absolute atomic E-state index is 0.0625. The molecule has 0 bridgehead atoms. The zero-order valence-electron chi connectivity index (χ0n) is 15.6. The second-order valence-electron chi connectivity index (χ2n) is 8.70. The zero-order chi connectivity index (χ0) is 18.4. The Labute approximate surface area is 150 Å². The molecule has 1 saturated carbocycles. The normalized spacial score (nSPS) is 28.4. The highest BCUT2D eigenvalue weighted by molar-refractivity contribution is 6.05. The molecule has 2 atom stereocenters. The van der Waals surface area contributed by atoms with Crippen molar-refractivity contribution in [2.45, 2.75) is 59.8 Å². The molecule has 1 aromatic carbocycles. The van der Waals surface area contributed by atoms with Crippen LogP contribution in [-0.4, -0.2) is 16.1 Å². The van der Waals surface area contributed by atoms with Crippen molar-refractivity contribution < 1.29 is 15.0 Å². The lowest BCUT2D eigenvalue weighted by molar-refractivity contribution is -0.115. The van der Waals surface area contributed by atoms with Crippen LogP contribution in [-0.2, 0) is 4.79 Å². The predicted molar refractivity (Wildman–Crippen MR) is 99.6 cm³/mol. The molecule has 1 fully saturated rings. The van der Waals surface area contributed by atoms with Crippen LogP contribution in [0.3, 0.4) is 0 Å². The highest BCUT2D eigenvalue weighted by atomic mass is 16.3. The number of phenolic OH excluding ortho intramolecular Hbond substituents is 2. The number of fused-ring (bicyclic) bond motifs is 1. The second-order valence-corrected chi connectivity index (χ2v) is 8.70. The number of benzene rings is 1. The van der Waals surface area contributed by atoms with Crippen LogP contribution in [0.1, 0.15) is 59.8 Å². The maximum absolute atomic E-state index is 13.1. The maximum Gasteiger partial charge on any atom is 0.252 e. The number of rotatable bonds is 2. The highest BCUT2D eigenvalue weighted by Crippen LogP contribution is 2.59. The first kappa shape index (κ1) is 17.8. The van der Waals surface area contributed by atoms with Gasteiger partial charge in [0.1, 0.15) is 11.5 Å². The quantitative estimate of drug-likeness (QED) is 0.709. The molecule has 136 valence electrons. The molecule has 4 nitrogen and oxygen atoms in total. The molecule has 0 aliphatic heterocycles. The van der Waals surface area contributed by atoms with Gasteiger partial charge >= 0.3 is 0 Å². The molecular weight excluding hydrogens is 314 g/mol. The molecule has 3 rings (SSSR count). The van der Waals surface area contributed by atoms with Gasteiger partial charge in [-0.05, 0) is 43.9 Å². The average Bonchev–Trinajstić information content (AvgIpc) is 2.44. The van der Waals surface area contributed by atoms with Gasteiger partial charge in [-0.2, -0.15) is 0 Å². The Morgan fingerprint density at radius 3 is 2.40 bits per heavy atom. The molecule has 0 heterocycles. The third kappa shape index (κ3) is 3.14. The summed E-state index contributed by atoms with van der Waals surface area (Å²) in [4.78, 5) is 13.1. The molecule has 0 unspecified atom stereocenters. The van der Waals surface area contributed by atoms with E-state index in [2.05, 4.69) is 33.0 Å². The van der Waals surface area contributed by atoms with E-state index in [1.165, 1.54) is 30.2 Å². The Morgan fingerprint density at radius 1 is 1.12 bits per heavy atom. The Bertz CT molecular complexity index is 714. The number of hydrogen-bond donors (Lipinski definition) is 3. The van der Waals surface area contributed by atoms with E-state index in [4.69, 9.17) is 0 Å². The number of hydrogen-bond acceptors (Lipinski definition) is 3. The molecular formula is C21H29NO3. The maximum atomic E-state index is 13.1. The lowest BCUT2D eigenvalue weighted by Gasteiger charge is -2.54. The van der Waals surface area contributed by atoms with Crippen LogP contribution in [0.25, 0.3) is 0 Å². The van der Waals surface area contributed by atoms with Crippen LogP contribution in [0.15, 0.2) is 29.3 Å².